The second-order valence-electron chi connectivity index (χ2n) is 6.38. The zero-order chi connectivity index (χ0) is 16.0. The first kappa shape index (κ1) is 14.0. The van der Waals surface area contributed by atoms with Crippen LogP contribution in [0.25, 0.3) is 0 Å². The molecule has 1 heterocycles. The highest BCUT2D eigenvalue weighted by Gasteiger charge is 2.40. The second-order valence-corrected chi connectivity index (χ2v) is 6.38. The number of para-hydroxylation sites is 1. The number of nitro benzene ring substituents is 1. The molecule has 0 aromatic heterocycles. The summed E-state index contributed by atoms with van der Waals surface area (Å²) in [7, 11) is 0. The van der Waals surface area contributed by atoms with Gasteiger partial charge in [-0.25, -0.2) is 0 Å². The Morgan fingerprint density at radius 3 is 2.83 bits per heavy atom. The van der Waals surface area contributed by atoms with E-state index >= 15 is 0 Å². The summed E-state index contributed by atoms with van der Waals surface area (Å²) >= 11 is 0. The van der Waals surface area contributed by atoms with Crippen molar-refractivity contribution < 1.29 is 4.92 Å². The van der Waals surface area contributed by atoms with Gasteiger partial charge in [0.15, 0.2) is 0 Å². The van der Waals surface area contributed by atoms with Crippen LogP contribution in [0.1, 0.15) is 35.1 Å². The first-order valence-corrected chi connectivity index (χ1v) is 7.92. The molecule has 2 aromatic carbocycles. The van der Waals surface area contributed by atoms with Crippen molar-refractivity contribution in [2.24, 2.45) is 5.92 Å². The van der Waals surface area contributed by atoms with Crippen molar-refractivity contribution in [2.75, 3.05) is 5.32 Å². The summed E-state index contributed by atoms with van der Waals surface area (Å²) in [5.41, 5.74) is 4.62. The molecular formula is C19H18N2O2. The number of nitrogens with one attached hydrogen (secondary N) is 1. The van der Waals surface area contributed by atoms with E-state index in [1.54, 1.807) is 12.1 Å². The Morgan fingerprint density at radius 2 is 2.00 bits per heavy atom. The maximum atomic E-state index is 11.4. The third-order valence-corrected chi connectivity index (χ3v) is 4.99. The molecule has 4 heteroatoms. The Morgan fingerprint density at radius 1 is 1.17 bits per heavy atom. The van der Waals surface area contributed by atoms with Gasteiger partial charge in [0.2, 0.25) is 0 Å². The van der Waals surface area contributed by atoms with E-state index < -0.39 is 0 Å². The van der Waals surface area contributed by atoms with Gasteiger partial charge in [-0.15, -0.1) is 0 Å². The van der Waals surface area contributed by atoms with Gasteiger partial charge in [0.25, 0.3) is 5.69 Å². The third-order valence-electron chi connectivity index (χ3n) is 4.99. The summed E-state index contributed by atoms with van der Waals surface area (Å²) in [6.45, 7) is 2.10. The highest BCUT2D eigenvalue weighted by atomic mass is 16.6. The lowest BCUT2D eigenvalue weighted by molar-refractivity contribution is -0.385. The van der Waals surface area contributed by atoms with Crippen molar-refractivity contribution in [2.45, 2.75) is 25.3 Å². The maximum Gasteiger partial charge on any atom is 0.274 e. The molecule has 4 rings (SSSR count). The van der Waals surface area contributed by atoms with E-state index in [0.29, 0.717) is 11.8 Å². The van der Waals surface area contributed by atoms with E-state index in [-0.39, 0.29) is 16.7 Å². The van der Waals surface area contributed by atoms with E-state index in [1.165, 1.54) is 11.1 Å². The van der Waals surface area contributed by atoms with E-state index in [9.17, 15) is 10.1 Å². The number of hydrogen-bond acceptors (Lipinski definition) is 3. The van der Waals surface area contributed by atoms with Gasteiger partial charge >= 0.3 is 0 Å². The van der Waals surface area contributed by atoms with Crippen LogP contribution >= 0.6 is 0 Å². The predicted molar refractivity (Wildman–Crippen MR) is 90.6 cm³/mol. The van der Waals surface area contributed by atoms with Gasteiger partial charge in [0, 0.05) is 17.7 Å². The largest absolute Gasteiger partial charge is 0.377 e. The summed E-state index contributed by atoms with van der Waals surface area (Å²) in [6.07, 6.45) is 5.41. The van der Waals surface area contributed by atoms with Crippen LogP contribution in [0, 0.1) is 23.0 Å². The monoisotopic (exact) mass is 306 g/mol. The summed E-state index contributed by atoms with van der Waals surface area (Å²) in [6, 6.07) is 13.5. The first-order chi connectivity index (χ1) is 11.1. The fraction of sp³-hybridized carbons (Fsp3) is 0.263. The Labute approximate surface area is 135 Å². The van der Waals surface area contributed by atoms with Gasteiger partial charge in [-0.2, -0.15) is 0 Å². The van der Waals surface area contributed by atoms with Crippen LogP contribution in [0.3, 0.4) is 0 Å². The molecule has 23 heavy (non-hydrogen) atoms. The zero-order valence-electron chi connectivity index (χ0n) is 12.9. The first-order valence-electron chi connectivity index (χ1n) is 7.92. The van der Waals surface area contributed by atoms with Gasteiger partial charge in [0.1, 0.15) is 0 Å². The summed E-state index contributed by atoms with van der Waals surface area (Å²) < 4.78 is 0. The van der Waals surface area contributed by atoms with Gasteiger partial charge in [-0.3, -0.25) is 10.1 Å². The van der Waals surface area contributed by atoms with Crippen LogP contribution in [-0.4, -0.2) is 4.92 Å². The zero-order valence-corrected chi connectivity index (χ0v) is 12.9. The number of nitrogens with zero attached hydrogens (tertiary/aromatic N) is 1. The molecule has 0 saturated carbocycles. The van der Waals surface area contributed by atoms with Crippen molar-refractivity contribution in [3.63, 3.8) is 0 Å². The van der Waals surface area contributed by atoms with Crippen molar-refractivity contribution in [1.29, 1.82) is 0 Å². The van der Waals surface area contributed by atoms with Crippen LogP contribution in [0.15, 0.2) is 54.6 Å². The third kappa shape index (κ3) is 2.22. The van der Waals surface area contributed by atoms with Gasteiger partial charge < -0.3 is 5.32 Å². The Kier molecular flexibility index (Phi) is 3.18. The smallest absolute Gasteiger partial charge is 0.274 e. The molecule has 3 atom stereocenters. The molecular weight excluding hydrogens is 288 g/mol. The number of allylic oxidation sites excluding steroid dienone is 2. The van der Waals surface area contributed by atoms with Gasteiger partial charge in [0.05, 0.1) is 16.5 Å². The highest BCUT2D eigenvalue weighted by molar-refractivity contribution is 5.62. The molecule has 2 aromatic rings. The van der Waals surface area contributed by atoms with Crippen LogP contribution in [0.4, 0.5) is 11.4 Å². The van der Waals surface area contributed by atoms with Crippen molar-refractivity contribution >= 4 is 11.4 Å². The van der Waals surface area contributed by atoms with E-state index in [0.717, 1.165) is 17.7 Å². The van der Waals surface area contributed by atoms with Crippen LogP contribution in [0.2, 0.25) is 0 Å². The molecule has 116 valence electrons. The van der Waals surface area contributed by atoms with Gasteiger partial charge in [-0.05, 0) is 30.9 Å². The van der Waals surface area contributed by atoms with E-state index in [1.807, 2.05) is 12.1 Å². The molecule has 0 saturated heterocycles. The number of hydrogen-bond donors (Lipinski definition) is 1. The molecule has 0 bridgehead atoms. The Balaban J connectivity index is 1.83. The average molecular weight is 306 g/mol. The normalized spacial score (nSPS) is 24.7. The number of fused-ring (bicyclic) bond motifs is 3. The minimum Gasteiger partial charge on any atom is -0.377 e. The molecule has 1 aliphatic heterocycles. The van der Waals surface area contributed by atoms with E-state index in [2.05, 4.69) is 42.6 Å². The molecule has 0 spiro atoms. The molecule has 0 fully saturated rings. The molecule has 1 aliphatic carbocycles. The lowest BCUT2D eigenvalue weighted by atomic mass is 9.76. The number of benzene rings is 2. The van der Waals surface area contributed by atoms with E-state index in [4.69, 9.17) is 0 Å². The Bertz CT molecular complexity index is 813. The fourth-order valence-electron chi connectivity index (χ4n) is 3.94. The number of anilines is 1. The average Bonchev–Trinajstić information content (AvgIpc) is 3.04. The van der Waals surface area contributed by atoms with Crippen LogP contribution < -0.4 is 5.32 Å². The number of aryl methyl sites for hydroxylation is 1. The second kappa shape index (κ2) is 5.23. The molecule has 0 amide bonds. The fourth-order valence-corrected chi connectivity index (χ4v) is 3.94. The predicted octanol–water partition coefficient (Wildman–Crippen LogP) is 4.73. The standard InChI is InChI=1S/C19H18N2O2/c1-12-9-10-17-16(11-12)13-6-4-7-14(13)19(20-17)15-5-2-3-8-18(15)21(22)23/h2-6,8-11,13-14,19-20H,7H2,1H3/t13-,14+,19+/m0/s1. The topological polar surface area (TPSA) is 55.2 Å². The molecule has 4 nitrogen and oxygen atoms in total. The van der Waals surface area contributed by atoms with Crippen LogP contribution in [0.5, 0.6) is 0 Å². The van der Waals surface area contributed by atoms with Crippen molar-refractivity contribution in [3.05, 3.63) is 81.4 Å². The molecule has 2 aliphatic rings. The maximum absolute atomic E-state index is 11.4. The van der Waals surface area contributed by atoms with Crippen LogP contribution in [-0.2, 0) is 0 Å². The van der Waals surface area contributed by atoms with Crippen molar-refractivity contribution in [1.82, 2.24) is 0 Å². The minimum absolute atomic E-state index is 0.0354. The minimum atomic E-state index is -0.279. The number of rotatable bonds is 2. The lowest BCUT2D eigenvalue weighted by Gasteiger charge is -2.37. The summed E-state index contributed by atoms with van der Waals surface area (Å²) in [5, 5.41) is 15.0. The SMILES string of the molecule is Cc1ccc2c(c1)[C@H]1C=CC[C@H]1[C@H](c1ccccc1[N+](=O)[O-])N2. The van der Waals surface area contributed by atoms with Crippen molar-refractivity contribution in [3.8, 4) is 0 Å². The summed E-state index contributed by atoms with van der Waals surface area (Å²) in [5.74, 6) is 0.654. The highest BCUT2D eigenvalue weighted by Crippen LogP contribution is 2.51. The molecule has 0 unspecified atom stereocenters. The molecule has 1 N–H and O–H groups in total. The molecule has 0 radical (unpaired) electrons. The number of nitro groups is 1. The summed E-state index contributed by atoms with van der Waals surface area (Å²) in [4.78, 5) is 11.1. The lowest BCUT2D eigenvalue weighted by Crippen LogP contribution is -2.29. The van der Waals surface area contributed by atoms with Gasteiger partial charge in [-0.1, -0.05) is 48.0 Å². The Hall–Kier alpha value is -2.62. The quantitative estimate of drug-likeness (QED) is 0.496.